The standard InChI is InChI=1S/C13H18Cl3NO3/c1-2-19-3-4-20-8-10(18)7-17-13-11(15)5-9(14)6-12(13)16/h5-6,10,17-18H,2-4,7-8H2,1H3. The summed E-state index contributed by atoms with van der Waals surface area (Å²) in [6.07, 6.45) is -0.667. The van der Waals surface area contributed by atoms with Crippen molar-refractivity contribution in [2.45, 2.75) is 13.0 Å². The predicted octanol–water partition coefficient (Wildman–Crippen LogP) is 3.47. The van der Waals surface area contributed by atoms with Crippen LogP contribution in [0.5, 0.6) is 0 Å². The van der Waals surface area contributed by atoms with Gasteiger partial charge in [0.1, 0.15) is 0 Å². The Hall–Kier alpha value is -0.230. The van der Waals surface area contributed by atoms with E-state index in [1.807, 2.05) is 6.92 Å². The van der Waals surface area contributed by atoms with Crippen molar-refractivity contribution in [3.05, 3.63) is 27.2 Å². The minimum Gasteiger partial charge on any atom is -0.389 e. The molecule has 1 atom stereocenters. The van der Waals surface area contributed by atoms with Crippen molar-refractivity contribution in [2.75, 3.05) is 38.3 Å². The van der Waals surface area contributed by atoms with E-state index in [1.54, 1.807) is 12.1 Å². The van der Waals surface area contributed by atoms with Crippen LogP contribution in [0.1, 0.15) is 6.92 Å². The second-order valence-corrected chi connectivity index (χ2v) is 5.30. The van der Waals surface area contributed by atoms with Crippen molar-refractivity contribution in [1.29, 1.82) is 0 Å². The van der Waals surface area contributed by atoms with Crippen molar-refractivity contribution in [3.8, 4) is 0 Å². The maximum absolute atomic E-state index is 9.76. The van der Waals surface area contributed by atoms with Gasteiger partial charge in [-0.1, -0.05) is 34.8 Å². The van der Waals surface area contributed by atoms with Crippen LogP contribution in [0.3, 0.4) is 0 Å². The van der Waals surface area contributed by atoms with Gasteiger partial charge in [0, 0.05) is 18.2 Å². The molecular weight excluding hydrogens is 325 g/mol. The van der Waals surface area contributed by atoms with Gasteiger partial charge in [-0.25, -0.2) is 0 Å². The summed E-state index contributed by atoms with van der Waals surface area (Å²) in [7, 11) is 0. The van der Waals surface area contributed by atoms with Gasteiger partial charge in [0.15, 0.2) is 0 Å². The molecule has 0 radical (unpaired) electrons. The molecule has 1 rings (SSSR count). The van der Waals surface area contributed by atoms with E-state index in [0.29, 0.717) is 40.6 Å². The summed E-state index contributed by atoms with van der Waals surface area (Å²) in [5.74, 6) is 0. The summed E-state index contributed by atoms with van der Waals surface area (Å²) >= 11 is 17.9. The van der Waals surface area contributed by atoms with E-state index in [4.69, 9.17) is 44.3 Å². The van der Waals surface area contributed by atoms with Gasteiger partial charge in [0.05, 0.1) is 41.7 Å². The molecule has 0 saturated heterocycles. The highest BCUT2D eigenvalue weighted by Crippen LogP contribution is 2.33. The quantitative estimate of drug-likeness (QED) is 0.675. The third kappa shape index (κ3) is 6.48. The third-order valence-corrected chi connectivity index (χ3v) is 3.22. The van der Waals surface area contributed by atoms with Crippen molar-refractivity contribution >= 4 is 40.5 Å². The Morgan fingerprint density at radius 2 is 1.75 bits per heavy atom. The molecule has 0 aromatic heterocycles. The van der Waals surface area contributed by atoms with Gasteiger partial charge in [-0.15, -0.1) is 0 Å². The summed E-state index contributed by atoms with van der Waals surface area (Å²) in [5.41, 5.74) is 0.547. The first-order valence-electron chi connectivity index (χ1n) is 6.26. The van der Waals surface area contributed by atoms with E-state index in [9.17, 15) is 5.11 Å². The first-order valence-corrected chi connectivity index (χ1v) is 7.40. The number of hydrogen-bond donors (Lipinski definition) is 2. The highest BCUT2D eigenvalue weighted by atomic mass is 35.5. The lowest BCUT2D eigenvalue weighted by Gasteiger charge is -2.15. The molecule has 0 aliphatic rings. The average molecular weight is 343 g/mol. The highest BCUT2D eigenvalue weighted by molar-refractivity contribution is 6.41. The van der Waals surface area contributed by atoms with Gasteiger partial charge in [0.2, 0.25) is 0 Å². The van der Waals surface area contributed by atoms with Gasteiger partial charge < -0.3 is 19.9 Å². The molecule has 0 fully saturated rings. The molecule has 1 aromatic rings. The van der Waals surface area contributed by atoms with Crippen molar-refractivity contribution in [2.24, 2.45) is 0 Å². The van der Waals surface area contributed by atoms with Gasteiger partial charge in [-0.3, -0.25) is 0 Å². The number of ether oxygens (including phenoxy) is 2. The lowest BCUT2D eigenvalue weighted by molar-refractivity contribution is 0.0103. The van der Waals surface area contributed by atoms with Gasteiger partial charge in [-0.2, -0.15) is 0 Å². The molecule has 0 saturated carbocycles. The molecule has 0 aliphatic heterocycles. The number of nitrogens with one attached hydrogen (secondary N) is 1. The highest BCUT2D eigenvalue weighted by Gasteiger charge is 2.10. The number of benzene rings is 1. The van der Waals surface area contributed by atoms with E-state index < -0.39 is 6.10 Å². The largest absolute Gasteiger partial charge is 0.389 e. The molecular formula is C13H18Cl3NO3. The van der Waals surface area contributed by atoms with E-state index in [1.165, 1.54) is 0 Å². The smallest absolute Gasteiger partial charge is 0.0945 e. The molecule has 0 aliphatic carbocycles. The minimum absolute atomic E-state index is 0.211. The van der Waals surface area contributed by atoms with Crippen LogP contribution in [0, 0.1) is 0 Å². The van der Waals surface area contributed by atoms with Crippen molar-refractivity contribution in [1.82, 2.24) is 0 Å². The van der Waals surface area contributed by atoms with E-state index in [0.717, 1.165) is 0 Å². The fourth-order valence-electron chi connectivity index (χ4n) is 1.47. The Labute approximate surface area is 133 Å². The van der Waals surface area contributed by atoms with Crippen LogP contribution in [0.4, 0.5) is 5.69 Å². The number of aliphatic hydroxyl groups excluding tert-OH is 1. The van der Waals surface area contributed by atoms with Gasteiger partial charge in [0.25, 0.3) is 0 Å². The molecule has 7 heteroatoms. The zero-order chi connectivity index (χ0) is 15.0. The number of anilines is 1. The molecule has 4 nitrogen and oxygen atoms in total. The summed E-state index contributed by atoms with van der Waals surface area (Å²) in [6.45, 7) is 4.02. The fraction of sp³-hybridized carbons (Fsp3) is 0.538. The predicted molar refractivity (Wildman–Crippen MR) is 83.3 cm³/mol. The average Bonchev–Trinajstić information content (AvgIpc) is 2.37. The molecule has 114 valence electrons. The maximum Gasteiger partial charge on any atom is 0.0945 e. The normalized spacial score (nSPS) is 12.4. The number of rotatable bonds is 9. The van der Waals surface area contributed by atoms with Crippen molar-refractivity contribution < 1.29 is 14.6 Å². The summed E-state index contributed by atoms with van der Waals surface area (Å²) < 4.78 is 10.4. The molecule has 0 bridgehead atoms. The summed E-state index contributed by atoms with van der Waals surface area (Å²) in [4.78, 5) is 0. The molecule has 1 unspecified atom stereocenters. The molecule has 2 N–H and O–H groups in total. The molecule has 0 heterocycles. The van der Waals surface area contributed by atoms with Crippen molar-refractivity contribution in [3.63, 3.8) is 0 Å². The van der Waals surface area contributed by atoms with Crippen LogP contribution in [-0.2, 0) is 9.47 Å². The Kier molecular flexibility index (Phi) is 8.61. The summed E-state index contributed by atoms with van der Waals surface area (Å²) in [6, 6.07) is 3.17. The maximum atomic E-state index is 9.76. The van der Waals surface area contributed by atoms with E-state index >= 15 is 0 Å². The zero-order valence-corrected chi connectivity index (χ0v) is 13.4. The second-order valence-electron chi connectivity index (χ2n) is 4.05. The van der Waals surface area contributed by atoms with Crippen LogP contribution in [0.15, 0.2) is 12.1 Å². The summed E-state index contributed by atoms with van der Waals surface area (Å²) in [5, 5.41) is 14.0. The van der Waals surface area contributed by atoms with Gasteiger partial charge in [-0.05, 0) is 19.1 Å². The molecule has 1 aromatic carbocycles. The molecule has 0 spiro atoms. The zero-order valence-electron chi connectivity index (χ0n) is 11.2. The first kappa shape index (κ1) is 17.8. The molecule has 20 heavy (non-hydrogen) atoms. The Bertz CT molecular complexity index is 395. The Morgan fingerprint density at radius 3 is 2.35 bits per heavy atom. The topological polar surface area (TPSA) is 50.7 Å². The number of halogens is 3. The lowest BCUT2D eigenvalue weighted by Crippen LogP contribution is -2.25. The van der Waals surface area contributed by atoms with E-state index in [-0.39, 0.29) is 13.2 Å². The van der Waals surface area contributed by atoms with Crippen LogP contribution in [-0.4, -0.2) is 44.2 Å². The van der Waals surface area contributed by atoms with Crippen LogP contribution >= 0.6 is 34.8 Å². The van der Waals surface area contributed by atoms with Gasteiger partial charge >= 0.3 is 0 Å². The Balaban J connectivity index is 2.32. The second kappa shape index (κ2) is 9.66. The number of aliphatic hydroxyl groups is 1. The monoisotopic (exact) mass is 341 g/mol. The van der Waals surface area contributed by atoms with Crippen LogP contribution in [0.25, 0.3) is 0 Å². The minimum atomic E-state index is -0.667. The fourth-order valence-corrected chi connectivity index (χ4v) is 2.42. The van der Waals surface area contributed by atoms with Crippen LogP contribution in [0.2, 0.25) is 15.1 Å². The lowest BCUT2D eigenvalue weighted by atomic mass is 10.3. The first-order chi connectivity index (χ1) is 9.54. The number of hydrogen-bond acceptors (Lipinski definition) is 4. The molecule has 0 amide bonds. The third-order valence-electron chi connectivity index (χ3n) is 2.41. The van der Waals surface area contributed by atoms with E-state index in [2.05, 4.69) is 5.32 Å². The SMILES string of the molecule is CCOCCOCC(O)CNc1c(Cl)cc(Cl)cc1Cl. The van der Waals surface area contributed by atoms with Crippen LogP contribution < -0.4 is 5.32 Å². The Morgan fingerprint density at radius 1 is 1.15 bits per heavy atom.